The van der Waals surface area contributed by atoms with E-state index in [1.165, 1.54) is 0 Å². The summed E-state index contributed by atoms with van der Waals surface area (Å²) in [6.45, 7) is 0. The molecule has 1 unspecified atom stereocenters. The summed E-state index contributed by atoms with van der Waals surface area (Å²) >= 11 is 5.31. The van der Waals surface area contributed by atoms with Gasteiger partial charge in [-0.1, -0.05) is 17.7 Å². The van der Waals surface area contributed by atoms with E-state index in [1.807, 2.05) is 0 Å². The first-order chi connectivity index (χ1) is 8.85. The topological polar surface area (TPSA) is 83.6 Å². The van der Waals surface area contributed by atoms with Gasteiger partial charge >= 0.3 is 17.8 Å². The lowest BCUT2D eigenvalue weighted by atomic mass is 9.89. The molecule has 0 amide bonds. The number of nitrogens with zero attached hydrogens (tertiary/aromatic N) is 1. The second-order valence-corrected chi connectivity index (χ2v) is 4.10. The van der Waals surface area contributed by atoms with Crippen LogP contribution in [0.1, 0.15) is 5.56 Å². The maximum Gasteiger partial charge on any atom is 0.553 e. The Morgan fingerprint density at radius 1 is 1.20 bits per heavy atom. The number of phenolic OH excluding ortho intramolecular Hbond substituents is 1. The van der Waals surface area contributed by atoms with Crippen molar-refractivity contribution in [1.82, 2.24) is 0 Å². The Morgan fingerprint density at radius 2 is 1.70 bits per heavy atom. The molecule has 11 heteroatoms. The average Bonchev–Trinajstić information content (AvgIpc) is 2.25. The summed E-state index contributed by atoms with van der Waals surface area (Å²) in [5.41, 5.74) is -6.99. The maximum absolute atomic E-state index is 13.2. The van der Waals surface area contributed by atoms with E-state index in [0.717, 1.165) is 0 Å². The van der Waals surface area contributed by atoms with E-state index in [1.54, 1.807) is 0 Å². The minimum absolute atomic E-state index is 0.225. The van der Waals surface area contributed by atoms with Crippen LogP contribution in [0, 0.1) is 10.1 Å². The van der Waals surface area contributed by atoms with Crippen molar-refractivity contribution >= 4 is 11.6 Å². The van der Waals surface area contributed by atoms with E-state index in [0.29, 0.717) is 12.1 Å². The van der Waals surface area contributed by atoms with Gasteiger partial charge in [0.1, 0.15) is 5.75 Å². The summed E-state index contributed by atoms with van der Waals surface area (Å²) in [6, 6.07) is -4.51. The largest absolute Gasteiger partial charge is 0.553 e. The van der Waals surface area contributed by atoms with Gasteiger partial charge in [-0.15, -0.1) is 8.78 Å². The SMILES string of the molecule is O=[N+]([O-])C(F)(F)C(O)(c1ccc(Cl)cc1O)C(F)(F)F. The molecule has 1 aromatic rings. The van der Waals surface area contributed by atoms with Crippen LogP contribution < -0.4 is 0 Å². The van der Waals surface area contributed by atoms with Crippen LogP contribution in [-0.2, 0) is 5.60 Å². The number of nitro groups is 1. The van der Waals surface area contributed by atoms with Crippen molar-refractivity contribution in [3.05, 3.63) is 38.9 Å². The predicted molar refractivity (Wildman–Crippen MR) is 55.0 cm³/mol. The second-order valence-electron chi connectivity index (χ2n) is 3.67. The van der Waals surface area contributed by atoms with Crippen molar-refractivity contribution in [2.45, 2.75) is 17.8 Å². The maximum atomic E-state index is 13.2. The fraction of sp³-hybridized carbons (Fsp3) is 0.333. The molecule has 0 aromatic heterocycles. The van der Waals surface area contributed by atoms with E-state index >= 15 is 0 Å². The van der Waals surface area contributed by atoms with Gasteiger partial charge in [-0.3, -0.25) is 10.1 Å². The first kappa shape index (κ1) is 16.4. The number of benzene rings is 1. The van der Waals surface area contributed by atoms with E-state index in [-0.39, 0.29) is 11.1 Å². The molecule has 1 aromatic carbocycles. The smallest absolute Gasteiger partial charge is 0.507 e. The van der Waals surface area contributed by atoms with Crippen molar-refractivity contribution in [1.29, 1.82) is 0 Å². The molecule has 0 aliphatic carbocycles. The summed E-state index contributed by atoms with van der Waals surface area (Å²) < 4.78 is 64.7. The van der Waals surface area contributed by atoms with E-state index in [9.17, 15) is 42.3 Å². The van der Waals surface area contributed by atoms with Crippen LogP contribution in [0.2, 0.25) is 5.02 Å². The number of rotatable bonds is 3. The molecular formula is C9H5ClF5NO4. The van der Waals surface area contributed by atoms with Crippen molar-refractivity contribution in [3.8, 4) is 5.75 Å². The van der Waals surface area contributed by atoms with Crippen molar-refractivity contribution < 1.29 is 37.1 Å². The number of aromatic hydroxyl groups is 1. The molecule has 0 radical (unpaired) electrons. The Bertz CT molecular complexity index is 550. The Morgan fingerprint density at radius 3 is 2.05 bits per heavy atom. The zero-order valence-electron chi connectivity index (χ0n) is 9.16. The van der Waals surface area contributed by atoms with Crippen molar-refractivity contribution in [2.75, 3.05) is 0 Å². The molecule has 0 aliphatic rings. The van der Waals surface area contributed by atoms with Gasteiger partial charge in [0, 0.05) is 10.6 Å². The zero-order chi connectivity index (χ0) is 15.9. The van der Waals surface area contributed by atoms with Gasteiger partial charge in [0.15, 0.2) is 0 Å². The fourth-order valence-electron chi connectivity index (χ4n) is 1.43. The minimum Gasteiger partial charge on any atom is -0.507 e. The molecule has 0 aliphatic heterocycles. The van der Waals surface area contributed by atoms with Crippen LogP contribution in [0.15, 0.2) is 18.2 Å². The Labute approximate surface area is 112 Å². The molecule has 0 heterocycles. The molecule has 2 N–H and O–H groups in total. The van der Waals surface area contributed by atoms with Gasteiger partial charge in [0.25, 0.3) is 0 Å². The van der Waals surface area contributed by atoms with Crippen LogP contribution in [0.3, 0.4) is 0 Å². The summed E-state index contributed by atoms with van der Waals surface area (Å²) in [4.78, 5) is 7.57. The average molecular weight is 322 g/mol. The summed E-state index contributed by atoms with van der Waals surface area (Å²) in [5.74, 6) is -1.46. The third-order valence-electron chi connectivity index (χ3n) is 2.42. The number of hydrogen-bond donors (Lipinski definition) is 2. The normalized spacial score (nSPS) is 15.8. The fourth-order valence-corrected chi connectivity index (χ4v) is 1.59. The first-order valence-electron chi connectivity index (χ1n) is 4.66. The Kier molecular flexibility index (Phi) is 3.85. The van der Waals surface area contributed by atoms with Gasteiger partial charge in [0.2, 0.25) is 0 Å². The van der Waals surface area contributed by atoms with E-state index in [4.69, 9.17) is 11.6 Å². The number of aliphatic hydroxyl groups is 1. The monoisotopic (exact) mass is 321 g/mol. The lowest BCUT2D eigenvalue weighted by Crippen LogP contribution is -2.59. The molecule has 0 saturated carbocycles. The summed E-state index contributed by atoms with van der Waals surface area (Å²) in [6.07, 6.45) is -6.13. The molecule has 0 spiro atoms. The molecule has 1 atom stereocenters. The van der Waals surface area contributed by atoms with Crippen LogP contribution in [0.4, 0.5) is 22.0 Å². The summed E-state index contributed by atoms with van der Waals surface area (Å²) in [7, 11) is 0. The zero-order valence-corrected chi connectivity index (χ0v) is 9.91. The van der Waals surface area contributed by atoms with Gasteiger partial charge in [-0.25, -0.2) is 0 Å². The van der Waals surface area contributed by atoms with E-state index < -0.39 is 34.1 Å². The second kappa shape index (κ2) is 4.70. The predicted octanol–water partition coefficient (Wildman–Crippen LogP) is 2.67. The molecule has 0 fully saturated rings. The number of phenols is 1. The highest BCUT2D eigenvalue weighted by Gasteiger charge is 2.79. The minimum atomic E-state index is -6.13. The van der Waals surface area contributed by atoms with Gasteiger partial charge in [-0.05, 0) is 12.1 Å². The van der Waals surface area contributed by atoms with Gasteiger partial charge in [0.05, 0.1) is 4.92 Å². The van der Waals surface area contributed by atoms with Crippen molar-refractivity contribution in [3.63, 3.8) is 0 Å². The molecule has 1 rings (SSSR count). The molecule has 112 valence electrons. The number of halogens is 6. The van der Waals surface area contributed by atoms with Crippen LogP contribution in [0.5, 0.6) is 5.75 Å². The lowest BCUT2D eigenvalue weighted by molar-refractivity contribution is -0.685. The lowest BCUT2D eigenvalue weighted by Gasteiger charge is -2.31. The number of hydrogen-bond acceptors (Lipinski definition) is 4. The third kappa shape index (κ3) is 2.24. The molecular weight excluding hydrogens is 317 g/mol. The van der Waals surface area contributed by atoms with Crippen LogP contribution in [-0.4, -0.2) is 27.4 Å². The summed E-state index contributed by atoms with van der Waals surface area (Å²) in [5, 5.41) is 28.3. The molecule has 0 bridgehead atoms. The van der Waals surface area contributed by atoms with Crippen LogP contribution in [0.25, 0.3) is 0 Å². The van der Waals surface area contributed by atoms with Gasteiger partial charge in [-0.2, -0.15) is 13.2 Å². The number of alkyl halides is 5. The standard InChI is InChI=1S/C9H5ClF5NO4/c10-4-1-2-5(6(17)3-4)7(18,8(11,12)13)9(14,15)16(19)20/h1-3,17-18H. The highest BCUT2D eigenvalue weighted by atomic mass is 35.5. The highest BCUT2D eigenvalue weighted by Crippen LogP contribution is 2.51. The third-order valence-corrected chi connectivity index (χ3v) is 2.66. The van der Waals surface area contributed by atoms with E-state index in [2.05, 4.69) is 0 Å². The van der Waals surface area contributed by atoms with Crippen LogP contribution >= 0.6 is 11.6 Å². The molecule has 20 heavy (non-hydrogen) atoms. The molecule has 5 nitrogen and oxygen atoms in total. The Balaban J connectivity index is 3.68. The highest BCUT2D eigenvalue weighted by molar-refractivity contribution is 6.30. The molecule has 0 saturated heterocycles. The Hall–Kier alpha value is -1.68. The van der Waals surface area contributed by atoms with Crippen molar-refractivity contribution in [2.24, 2.45) is 0 Å². The first-order valence-corrected chi connectivity index (χ1v) is 5.04. The quantitative estimate of drug-likeness (QED) is 0.388. The van der Waals surface area contributed by atoms with Gasteiger partial charge < -0.3 is 10.2 Å².